The maximum Gasteiger partial charge on any atom is 0.211 e. The van der Waals surface area contributed by atoms with Crippen molar-refractivity contribution in [3.63, 3.8) is 0 Å². The fraction of sp³-hybridized carbons (Fsp3) is 0.130. The molecule has 0 unspecified atom stereocenters. The van der Waals surface area contributed by atoms with Crippen LogP contribution in [0.2, 0.25) is 0 Å². The van der Waals surface area contributed by atoms with Crippen LogP contribution in [-0.4, -0.2) is 10.8 Å². The molecule has 0 aliphatic carbocycles. The first-order valence-electron chi connectivity index (χ1n) is 8.97. The van der Waals surface area contributed by atoms with E-state index in [1.165, 1.54) is 26.9 Å². The van der Waals surface area contributed by atoms with Gasteiger partial charge in [-0.3, -0.25) is 0 Å². The standard InChI is InChI=1S/C23H21N3S/c1-17-8-11-19(12-9-17)15-24-25-23-26(16-20-6-4-3-5-7-20)21-13-10-18(2)14-22(21)27-23/h3-15H,16H2,1-2H3. The Hall–Kier alpha value is -2.98. The van der Waals surface area contributed by atoms with Crippen LogP contribution in [0.25, 0.3) is 10.2 Å². The summed E-state index contributed by atoms with van der Waals surface area (Å²) in [5.41, 5.74) is 5.99. The molecule has 1 heterocycles. The molecule has 0 bridgehead atoms. The highest BCUT2D eigenvalue weighted by Gasteiger charge is 2.07. The highest BCUT2D eigenvalue weighted by molar-refractivity contribution is 7.16. The number of nitrogens with zero attached hydrogens (tertiary/aromatic N) is 3. The first-order chi connectivity index (χ1) is 13.2. The third kappa shape index (κ3) is 4.07. The van der Waals surface area contributed by atoms with E-state index in [1.807, 2.05) is 12.3 Å². The van der Waals surface area contributed by atoms with Gasteiger partial charge in [0.2, 0.25) is 4.80 Å². The van der Waals surface area contributed by atoms with Gasteiger partial charge in [-0.2, -0.15) is 5.10 Å². The van der Waals surface area contributed by atoms with Crippen LogP contribution in [0.4, 0.5) is 0 Å². The smallest absolute Gasteiger partial charge is 0.211 e. The minimum Gasteiger partial charge on any atom is -0.311 e. The summed E-state index contributed by atoms with van der Waals surface area (Å²) in [6, 6.07) is 25.3. The summed E-state index contributed by atoms with van der Waals surface area (Å²) in [4.78, 5) is 0.905. The van der Waals surface area contributed by atoms with Gasteiger partial charge in [0, 0.05) is 0 Å². The molecule has 4 rings (SSSR count). The number of rotatable bonds is 4. The fourth-order valence-electron chi connectivity index (χ4n) is 2.97. The average Bonchev–Trinajstić information content (AvgIpc) is 3.00. The van der Waals surface area contributed by atoms with Crippen LogP contribution < -0.4 is 4.80 Å². The number of hydrogen-bond donors (Lipinski definition) is 0. The summed E-state index contributed by atoms with van der Waals surface area (Å²) in [5, 5.41) is 8.89. The van der Waals surface area contributed by atoms with Crippen LogP contribution >= 0.6 is 11.3 Å². The molecule has 0 aliphatic rings. The van der Waals surface area contributed by atoms with Gasteiger partial charge in [-0.05, 0) is 42.7 Å². The number of hydrogen-bond acceptors (Lipinski definition) is 3. The van der Waals surface area contributed by atoms with Crippen molar-refractivity contribution in [2.24, 2.45) is 10.2 Å². The van der Waals surface area contributed by atoms with Crippen molar-refractivity contribution >= 4 is 27.8 Å². The molecular formula is C23H21N3S. The Morgan fingerprint density at radius 1 is 0.889 bits per heavy atom. The number of thiazole rings is 1. The van der Waals surface area contributed by atoms with Crippen LogP contribution in [0.5, 0.6) is 0 Å². The highest BCUT2D eigenvalue weighted by Crippen LogP contribution is 2.20. The number of aryl methyl sites for hydroxylation is 2. The first kappa shape index (κ1) is 17.4. The van der Waals surface area contributed by atoms with Crippen LogP contribution in [0.1, 0.15) is 22.3 Å². The minimum absolute atomic E-state index is 0.781. The van der Waals surface area contributed by atoms with Crippen molar-refractivity contribution in [3.8, 4) is 0 Å². The molecule has 0 N–H and O–H groups in total. The summed E-state index contributed by atoms with van der Waals surface area (Å²) in [7, 11) is 0. The summed E-state index contributed by atoms with van der Waals surface area (Å²) in [6.45, 7) is 4.98. The SMILES string of the molecule is Cc1ccc(C=NN=c2sc3cc(C)ccc3n2Cc2ccccc2)cc1. The van der Waals surface area contributed by atoms with Gasteiger partial charge in [0.1, 0.15) is 0 Å². The third-order valence-corrected chi connectivity index (χ3v) is 5.48. The molecule has 3 nitrogen and oxygen atoms in total. The van der Waals surface area contributed by atoms with Crippen molar-refractivity contribution in [2.75, 3.05) is 0 Å². The zero-order valence-electron chi connectivity index (χ0n) is 15.5. The molecule has 4 heteroatoms. The van der Waals surface area contributed by atoms with Crippen molar-refractivity contribution < 1.29 is 0 Å². The Labute approximate surface area is 163 Å². The second-order valence-corrected chi connectivity index (χ2v) is 7.69. The Bertz CT molecular complexity index is 1150. The highest BCUT2D eigenvalue weighted by atomic mass is 32.1. The molecule has 1 aromatic heterocycles. The molecule has 0 aliphatic heterocycles. The molecule has 27 heavy (non-hydrogen) atoms. The molecule has 0 amide bonds. The molecule has 0 radical (unpaired) electrons. The van der Waals surface area contributed by atoms with Gasteiger partial charge in [0.05, 0.1) is 23.0 Å². The monoisotopic (exact) mass is 371 g/mol. The van der Waals surface area contributed by atoms with Gasteiger partial charge in [-0.25, -0.2) is 0 Å². The summed E-state index contributed by atoms with van der Waals surface area (Å²) < 4.78 is 3.47. The van der Waals surface area contributed by atoms with E-state index in [0.717, 1.165) is 16.9 Å². The Balaban J connectivity index is 1.76. The second kappa shape index (κ2) is 7.72. The third-order valence-electron chi connectivity index (χ3n) is 4.45. The maximum absolute atomic E-state index is 4.54. The molecule has 0 saturated heterocycles. The van der Waals surface area contributed by atoms with Gasteiger partial charge in [0.15, 0.2) is 0 Å². The number of fused-ring (bicyclic) bond motifs is 1. The van der Waals surface area contributed by atoms with E-state index >= 15 is 0 Å². The van der Waals surface area contributed by atoms with Crippen LogP contribution in [0.15, 0.2) is 83.0 Å². The molecule has 3 aromatic carbocycles. The lowest BCUT2D eigenvalue weighted by Gasteiger charge is -2.05. The zero-order chi connectivity index (χ0) is 18.6. The van der Waals surface area contributed by atoms with Crippen LogP contribution in [0.3, 0.4) is 0 Å². The molecule has 0 fully saturated rings. The topological polar surface area (TPSA) is 29.6 Å². The fourth-order valence-corrected chi connectivity index (χ4v) is 4.06. The lowest BCUT2D eigenvalue weighted by Crippen LogP contribution is -2.15. The lowest BCUT2D eigenvalue weighted by molar-refractivity contribution is 0.789. The summed E-state index contributed by atoms with van der Waals surface area (Å²) in [5.74, 6) is 0. The van der Waals surface area contributed by atoms with Gasteiger partial charge in [0.25, 0.3) is 0 Å². The second-order valence-electron chi connectivity index (χ2n) is 6.68. The molecule has 0 saturated carbocycles. The van der Waals surface area contributed by atoms with E-state index in [1.54, 1.807) is 11.3 Å². The van der Waals surface area contributed by atoms with E-state index in [0.29, 0.717) is 0 Å². The molecule has 0 atom stereocenters. The molecule has 4 aromatic rings. The van der Waals surface area contributed by atoms with E-state index in [4.69, 9.17) is 0 Å². The lowest BCUT2D eigenvalue weighted by atomic mass is 10.2. The van der Waals surface area contributed by atoms with E-state index in [-0.39, 0.29) is 0 Å². The predicted octanol–water partition coefficient (Wildman–Crippen LogP) is 5.30. The Morgan fingerprint density at radius 3 is 2.41 bits per heavy atom. The van der Waals surface area contributed by atoms with Gasteiger partial charge < -0.3 is 4.57 Å². The van der Waals surface area contributed by atoms with Crippen LogP contribution in [0, 0.1) is 13.8 Å². The number of aromatic nitrogens is 1. The van der Waals surface area contributed by atoms with Crippen molar-refractivity contribution in [2.45, 2.75) is 20.4 Å². The quantitative estimate of drug-likeness (QED) is 0.344. The van der Waals surface area contributed by atoms with Crippen molar-refractivity contribution in [1.29, 1.82) is 0 Å². The predicted molar refractivity (Wildman–Crippen MR) is 114 cm³/mol. The Kier molecular flexibility index (Phi) is 4.99. The normalized spacial score (nSPS) is 12.3. The van der Waals surface area contributed by atoms with E-state index in [9.17, 15) is 0 Å². The minimum atomic E-state index is 0.781. The van der Waals surface area contributed by atoms with Gasteiger partial charge in [-0.15, -0.1) is 5.10 Å². The largest absolute Gasteiger partial charge is 0.311 e. The maximum atomic E-state index is 4.54. The number of benzene rings is 3. The summed E-state index contributed by atoms with van der Waals surface area (Å²) >= 11 is 1.68. The molecular weight excluding hydrogens is 350 g/mol. The molecule has 134 valence electrons. The zero-order valence-corrected chi connectivity index (χ0v) is 16.3. The van der Waals surface area contributed by atoms with E-state index < -0.39 is 0 Å². The van der Waals surface area contributed by atoms with Crippen LogP contribution in [-0.2, 0) is 6.54 Å². The van der Waals surface area contributed by atoms with Crippen molar-refractivity contribution in [3.05, 3.63) is 99.9 Å². The van der Waals surface area contributed by atoms with Gasteiger partial charge in [-0.1, -0.05) is 77.6 Å². The average molecular weight is 372 g/mol. The Morgan fingerprint density at radius 2 is 1.63 bits per heavy atom. The summed E-state index contributed by atoms with van der Waals surface area (Å²) in [6.07, 6.45) is 1.81. The van der Waals surface area contributed by atoms with E-state index in [2.05, 4.69) is 95.3 Å². The van der Waals surface area contributed by atoms with Crippen molar-refractivity contribution in [1.82, 2.24) is 4.57 Å². The van der Waals surface area contributed by atoms with Gasteiger partial charge >= 0.3 is 0 Å². The molecule has 0 spiro atoms. The first-order valence-corrected chi connectivity index (χ1v) is 9.78.